The first-order valence-electron chi connectivity index (χ1n) is 7.81. The van der Waals surface area contributed by atoms with Crippen molar-refractivity contribution in [1.29, 1.82) is 0 Å². The third-order valence-corrected chi connectivity index (χ3v) is 2.86. The lowest BCUT2D eigenvalue weighted by molar-refractivity contribution is -0.121. The maximum absolute atomic E-state index is 11.8. The average Bonchev–Trinajstić information content (AvgIpc) is 2.45. The van der Waals surface area contributed by atoms with Gasteiger partial charge in [0.2, 0.25) is 11.8 Å². The standard InChI is InChI=1S/C17H27N5O2/c1-12(23)21-14-8-6-7-13(9-14)10-19-16(18-5)20-11-15(24)22-17(2,3)4/h6-9H,10-11H2,1-5H3,(H,21,23)(H,22,24)(H2,18,19,20). The molecule has 7 heteroatoms. The van der Waals surface area contributed by atoms with E-state index in [2.05, 4.69) is 26.3 Å². The van der Waals surface area contributed by atoms with Gasteiger partial charge in [-0.05, 0) is 38.5 Å². The lowest BCUT2D eigenvalue weighted by Gasteiger charge is -2.21. The minimum Gasteiger partial charge on any atom is -0.352 e. The molecule has 0 heterocycles. The zero-order valence-corrected chi connectivity index (χ0v) is 15.0. The molecule has 0 aliphatic heterocycles. The number of guanidine groups is 1. The van der Waals surface area contributed by atoms with Gasteiger partial charge in [-0.15, -0.1) is 0 Å². The summed E-state index contributed by atoms with van der Waals surface area (Å²) in [5, 5.41) is 11.7. The summed E-state index contributed by atoms with van der Waals surface area (Å²) in [5.74, 6) is 0.324. The van der Waals surface area contributed by atoms with Crippen LogP contribution in [-0.4, -0.2) is 36.9 Å². The van der Waals surface area contributed by atoms with E-state index in [0.717, 1.165) is 11.3 Å². The molecular weight excluding hydrogens is 306 g/mol. The van der Waals surface area contributed by atoms with Crippen LogP contribution in [0.25, 0.3) is 0 Å². The van der Waals surface area contributed by atoms with Crippen molar-refractivity contribution < 1.29 is 9.59 Å². The summed E-state index contributed by atoms with van der Waals surface area (Å²) >= 11 is 0. The fourth-order valence-electron chi connectivity index (χ4n) is 2.00. The van der Waals surface area contributed by atoms with Crippen LogP contribution in [-0.2, 0) is 16.1 Å². The number of amides is 2. The van der Waals surface area contributed by atoms with Crippen LogP contribution in [0.3, 0.4) is 0 Å². The summed E-state index contributed by atoms with van der Waals surface area (Å²) in [6.07, 6.45) is 0. The molecule has 0 saturated carbocycles. The Hall–Kier alpha value is -2.57. The predicted molar refractivity (Wildman–Crippen MR) is 96.8 cm³/mol. The van der Waals surface area contributed by atoms with Gasteiger partial charge in [0.25, 0.3) is 0 Å². The van der Waals surface area contributed by atoms with Crippen LogP contribution in [0.2, 0.25) is 0 Å². The van der Waals surface area contributed by atoms with Crippen LogP contribution in [0.5, 0.6) is 0 Å². The van der Waals surface area contributed by atoms with E-state index in [9.17, 15) is 9.59 Å². The SMILES string of the molecule is CN=C(NCC(=O)NC(C)(C)C)NCc1cccc(NC(C)=O)c1. The molecule has 24 heavy (non-hydrogen) atoms. The highest BCUT2D eigenvalue weighted by atomic mass is 16.2. The third-order valence-electron chi connectivity index (χ3n) is 2.86. The highest BCUT2D eigenvalue weighted by molar-refractivity contribution is 5.89. The minimum absolute atomic E-state index is 0.0990. The van der Waals surface area contributed by atoms with Crippen LogP contribution >= 0.6 is 0 Å². The number of hydrogen-bond acceptors (Lipinski definition) is 3. The van der Waals surface area contributed by atoms with Crippen LogP contribution < -0.4 is 21.3 Å². The molecule has 1 rings (SSSR count). The quantitative estimate of drug-likeness (QED) is 0.481. The van der Waals surface area contributed by atoms with E-state index in [1.807, 2.05) is 45.0 Å². The van der Waals surface area contributed by atoms with E-state index in [-0.39, 0.29) is 23.9 Å². The van der Waals surface area contributed by atoms with Gasteiger partial charge in [-0.3, -0.25) is 14.6 Å². The Morgan fingerprint density at radius 3 is 2.46 bits per heavy atom. The molecule has 0 aliphatic carbocycles. The van der Waals surface area contributed by atoms with Crippen molar-refractivity contribution in [3.8, 4) is 0 Å². The molecule has 1 aromatic rings. The van der Waals surface area contributed by atoms with Crippen molar-refractivity contribution >= 4 is 23.5 Å². The van der Waals surface area contributed by atoms with Gasteiger partial charge in [0.1, 0.15) is 0 Å². The lowest BCUT2D eigenvalue weighted by atomic mass is 10.1. The second-order valence-electron chi connectivity index (χ2n) is 6.46. The van der Waals surface area contributed by atoms with Gasteiger partial charge >= 0.3 is 0 Å². The van der Waals surface area contributed by atoms with E-state index < -0.39 is 0 Å². The van der Waals surface area contributed by atoms with Crippen LogP contribution in [0.15, 0.2) is 29.3 Å². The molecule has 0 fully saturated rings. The van der Waals surface area contributed by atoms with E-state index in [4.69, 9.17) is 0 Å². The normalized spacial score (nSPS) is 11.6. The fourth-order valence-corrected chi connectivity index (χ4v) is 2.00. The Morgan fingerprint density at radius 2 is 1.88 bits per heavy atom. The van der Waals surface area contributed by atoms with Crippen molar-refractivity contribution in [2.75, 3.05) is 18.9 Å². The van der Waals surface area contributed by atoms with Gasteiger partial charge in [-0.2, -0.15) is 0 Å². The summed E-state index contributed by atoms with van der Waals surface area (Å²) in [7, 11) is 1.64. The maximum atomic E-state index is 11.8. The Morgan fingerprint density at radius 1 is 1.17 bits per heavy atom. The van der Waals surface area contributed by atoms with Crippen molar-refractivity contribution in [3.05, 3.63) is 29.8 Å². The zero-order valence-electron chi connectivity index (χ0n) is 15.0. The molecular formula is C17H27N5O2. The molecule has 0 unspecified atom stereocenters. The van der Waals surface area contributed by atoms with Gasteiger partial charge in [0, 0.05) is 31.7 Å². The van der Waals surface area contributed by atoms with Crippen LogP contribution in [0.4, 0.5) is 5.69 Å². The first-order chi connectivity index (χ1) is 11.2. The Labute approximate surface area is 143 Å². The molecule has 0 bridgehead atoms. The minimum atomic E-state index is -0.264. The molecule has 4 N–H and O–H groups in total. The summed E-state index contributed by atoms with van der Waals surface area (Å²) in [5.41, 5.74) is 1.47. The van der Waals surface area contributed by atoms with Gasteiger partial charge in [-0.25, -0.2) is 0 Å². The monoisotopic (exact) mass is 333 g/mol. The van der Waals surface area contributed by atoms with Gasteiger partial charge < -0.3 is 21.3 Å². The Balaban J connectivity index is 2.49. The topological polar surface area (TPSA) is 94.6 Å². The smallest absolute Gasteiger partial charge is 0.239 e. The van der Waals surface area contributed by atoms with Crippen LogP contribution in [0, 0.1) is 0 Å². The molecule has 0 aromatic heterocycles. The average molecular weight is 333 g/mol. The number of aliphatic imine (C=N–C) groups is 1. The van der Waals surface area contributed by atoms with Gasteiger partial charge in [0.15, 0.2) is 5.96 Å². The van der Waals surface area contributed by atoms with Gasteiger partial charge in [-0.1, -0.05) is 12.1 Å². The molecule has 1 aromatic carbocycles. The zero-order chi connectivity index (χ0) is 18.2. The molecule has 2 amide bonds. The second kappa shape index (κ2) is 8.90. The number of benzene rings is 1. The first-order valence-corrected chi connectivity index (χ1v) is 7.81. The lowest BCUT2D eigenvalue weighted by Crippen LogP contribution is -2.48. The van der Waals surface area contributed by atoms with Crippen LogP contribution in [0.1, 0.15) is 33.3 Å². The largest absolute Gasteiger partial charge is 0.352 e. The first kappa shape index (κ1) is 19.5. The Bertz CT molecular complexity index is 605. The third kappa shape index (κ3) is 8.17. The second-order valence-corrected chi connectivity index (χ2v) is 6.46. The highest BCUT2D eigenvalue weighted by Crippen LogP contribution is 2.10. The summed E-state index contributed by atoms with van der Waals surface area (Å²) in [6.45, 7) is 7.93. The van der Waals surface area contributed by atoms with E-state index in [1.165, 1.54) is 6.92 Å². The maximum Gasteiger partial charge on any atom is 0.239 e. The molecule has 0 saturated heterocycles. The van der Waals surface area contributed by atoms with E-state index in [1.54, 1.807) is 7.05 Å². The molecule has 0 radical (unpaired) electrons. The van der Waals surface area contributed by atoms with Crippen molar-refractivity contribution in [2.45, 2.75) is 39.8 Å². The number of rotatable bonds is 5. The van der Waals surface area contributed by atoms with Gasteiger partial charge in [0.05, 0.1) is 6.54 Å². The number of nitrogens with zero attached hydrogens (tertiary/aromatic N) is 1. The van der Waals surface area contributed by atoms with E-state index >= 15 is 0 Å². The summed E-state index contributed by atoms with van der Waals surface area (Å²) in [4.78, 5) is 27.0. The van der Waals surface area contributed by atoms with E-state index in [0.29, 0.717) is 12.5 Å². The number of anilines is 1. The Kier molecular flexibility index (Phi) is 7.23. The molecule has 7 nitrogen and oxygen atoms in total. The van der Waals surface area contributed by atoms with Crippen molar-refractivity contribution in [1.82, 2.24) is 16.0 Å². The number of carbonyl (C=O) groups excluding carboxylic acids is 2. The molecule has 0 aliphatic rings. The summed E-state index contributed by atoms with van der Waals surface area (Å²) in [6, 6.07) is 7.52. The molecule has 132 valence electrons. The molecule has 0 atom stereocenters. The molecule has 0 spiro atoms. The number of carbonyl (C=O) groups is 2. The highest BCUT2D eigenvalue weighted by Gasteiger charge is 2.13. The fraction of sp³-hybridized carbons (Fsp3) is 0.471. The number of nitrogens with one attached hydrogen (secondary N) is 4. The predicted octanol–water partition coefficient (Wildman–Crippen LogP) is 1.22. The number of hydrogen-bond donors (Lipinski definition) is 4. The summed E-state index contributed by atoms with van der Waals surface area (Å²) < 4.78 is 0. The van der Waals surface area contributed by atoms with Crippen molar-refractivity contribution in [3.63, 3.8) is 0 Å². The van der Waals surface area contributed by atoms with Crippen molar-refractivity contribution in [2.24, 2.45) is 4.99 Å².